The second kappa shape index (κ2) is 55.0. The molecule has 0 heterocycles. The van der Waals surface area contributed by atoms with Crippen molar-refractivity contribution in [2.45, 2.75) is 626 Å². The van der Waals surface area contributed by atoms with Gasteiger partial charge in [-0.15, -0.1) is 0 Å². The standard InChI is InChI=1S/2C23H36O2.C21H32O2.C21H36O2.C16H28O2.C12H24O2.5C2H6.12CH4/c1-6-21(2,3)20(24)25-22(4,5)23-12-14-8-16-15-7-13(10-18(16)23)11-19(23)17(15)9-14;1-6-21(2,3)20(24)25-22(4,5)23-10-17-14-7-13-8-15(17)19(12-23)16(9-13)18(14)11-23;1-5-20(2,3)19(22)23-21(4)12-9-14-13-6-11-7-16(14)18(21)17(8-11)15(13)10-12;1-8-18(3,4)17(22)23-20(7)11-12-21-13-16(20)19(5,6)15(21)10-9-14(21)2;1-6-15(2,3)14(17)18-16(4,5)13-10-11-7-8-12(13)9-11;1-8-11(4,5)10(13)14-12(6,7)9(2)3;5*1-2;;;;;;;;;;;;/h2*13-19H,6-12H2,1-5H3;11-18H,5-10H2,1-4H3;14-16H,8-13H2,1-7H3;11-13H,6-10H2,1-5H3;9H,8H2,1-7H3;5*1-2H3;12*1H4. The molecule has 0 aromatic rings. The average Bonchev–Trinajstić information content (AvgIpc) is 0.884. The molecular weight excluding hydrogens is 1850 g/mol. The van der Waals surface area contributed by atoms with Gasteiger partial charge in [0.2, 0.25) is 0 Å². The number of esters is 6. The molecule has 0 radical (unpaired) electrons. The number of rotatable bonds is 22. The number of ether oxygens (including phenoxy) is 6. The van der Waals surface area contributed by atoms with Crippen LogP contribution in [-0.2, 0) is 57.2 Å². The smallest absolute Gasteiger partial charge is 0.312 e. The van der Waals surface area contributed by atoms with Gasteiger partial charge in [0.25, 0.3) is 0 Å². The Morgan fingerprint density at radius 2 is 0.633 bits per heavy atom. The summed E-state index contributed by atoms with van der Waals surface area (Å²) in [5.41, 5.74) is -2.55. The number of carbonyl (C=O) groups excluding carboxylic acids is 6. The maximum Gasteiger partial charge on any atom is 0.312 e. The Morgan fingerprint density at radius 3 is 1.00 bits per heavy atom. The first-order chi connectivity index (χ1) is 64.1. The lowest BCUT2D eigenvalue weighted by atomic mass is 9.28. The number of hydrogen-bond acceptors (Lipinski definition) is 12. The van der Waals surface area contributed by atoms with Crippen LogP contribution in [0.15, 0.2) is 0 Å². The second-order valence-corrected chi connectivity index (χ2v) is 56.7. The highest BCUT2D eigenvalue weighted by atomic mass is 16.6. The van der Waals surface area contributed by atoms with Gasteiger partial charge >= 0.3 is 35.8 Å². The molecule has 26 aliphatic carbocycles. The third-order valence-electron chi connectivity index (χ3n) is 46.4. The van der Waals surface area contributed by atoms with E-state index < -0.39 is 0 Å². The molecule has 26 aliphatic rings. The van der Waals surface area contributed by atoms with Crippen LogP contribution in [0.25, 0.3) is 0 Å². The first kappa shape index (κ1) is 151. The maximum atomic E-state index is 13.0. The second-order valence-electron chi connectivity index (χ2n) is 56.7. The molecule has 0 amide bonds. The largest absolute Gasteiger partial charge is 0.459 e. The van der Waals surface area contributed by atoms with Crippen molar-refractivity contribution in [1.29, 1.82) is 0 Å². The van der Waals surface area contributed by atoms with E-state index in [-0.39, 0.29) is 207 Å². The van der Waals surface area contributed by atoms with E-state index in [0.29, 0.717) is 35.0 Å². The van der Waals surface area contributed by atoms with E-state index in [1.54, 1.807) is 0 Å². The van der Waals surface area contributed by atoms with Gasteiger partial charge in [-0.25, -0.2) is 0 Å². The van der Waals surface area contributed by atoms with Crippen LogP contribution in [0.4, 0.5) is 0 Å². The van der Waals surface area contributed by atoms with E-state index >= 15 is 0 Å². The highest BCUT2D eigenvalue weighted by Gasteiger charge is 2.77. The van der Waals surface area contributed by atoms with Gasteiger partial charge in [0.15, 0.2) is 0 Å². The summed E-state index contributed by atoms with van der Waals surface area (Å²) >= 11 is 0. The van der Waals surface area contributed by atoms with Crippen LogP contribution in [0.5, 0.6) is 0 Å². The van der Waals surface area contributed by atoms with Crippen molar-refractivity contribution in [1.82, 2.24) is 0 Å². The lowest BCUT2D eigenvalue weighted by Crippen LogP contribution is -2.73. The van der Waals surface area contributed by atoms with Gasteiger partial charge in [0.05, 0.1) is 32.5 Å². The van der Waals surface area contributed by atoms with E-state index in [2.05, 4.69) is 118 Å². The summed E-state index contributed by atoms with van der Waals surface area (Å²) in [5, 5.41) is 0. The summed E-state index contributed by atoms with van der Waals surface area (Å²) in [6.07, 6.45) is 41.0. The lowest BCUT2D eigenvalue weighted by molar-refractivity contribution is -0.309. The molecule has 894 valence electrons. The average molecular weight is 2120 g/mol. The molecule has 12 heteroatoms. The van der Waals surface area contributed by atoms with Crippen LogP contribution < -0.4 is 0 Å². The molecule has 0 aromatic heterocycles. The van der Waals surface area contributed by atoms with E-state index in [4.69, 9.17) is 28.4 Å². The number of hydrogen-bond donors (Lipinski definition) is 0. The minimum absolute atomic E-state index is 0. The SMILES string of the molecule is C.C.C.C.C.C.C.C.C.C.C.C.CC.CC.CC.CC.CC.CCC(C)(C)C(=O)OC(C)(C)C(C)C.CCC(C)(C)C(=O)OC(C)(C)C12CC3C4CC5CC3C(C1)C(C5)C4C2.CCC(C)(C)C(=O)OC(C)(C)C12CC3CC4C5CC(CC41)CC2C5C3.CCC(C)(C)C(=O)OC(C)(C)C1CC2CCC1C2.CCC(C)(C)C(=O)OC1(C)C2CC3C4CC5CC3C1C(C5)C4C2.CCC(C)(C)C(=O)OC1(C)CCC23CC1C(C)(C)C2CCC3C. The number of carbonyl (C=O) groups is 6. The molecule has 0 aromatic carbocycles. The van der Waals surface area contributed by atoms with Crippen molar-refractivity contribution in [3.8, 4) is 0 Å². The topological polar surface area (TPSA) is 158 Å². The Kier molecular flexibility index (Phi) is 55.3. The Labute approximate surface area is 938 Å². The predicted octanol–water partition coefficient (Wildman–Crippen LogP) is 41.5. The molecular formula is C138H270O12. The zero-order chi connectivity index (χ0) is 104. The minimum atomic E-state index is -0.372. The van der Waals surface area contributed by atoms with Gasteiger partial charge in [-0.1, -0.05) is 241 Å². The molecule has 1 spiro atoms. The third-order valence-corrected chi connectivity index (χ3v) is 46.4. The number of fused-ring (bicyclic) bond motifs is 3. The summed E-state index contributed by atoms with van der Waals surface area (Å²) < 4.78 is 36.8. The van der Waals surface area contributed by atoms with E-state index in [1.165, 1.54) is 161 Å². The van der Waals surface area contributed by atoms with Crippen molar-refractivity contribution >= 4 is 35.8 Å². The minimum Gasteiger partial charge on any atom is -0.459 e. The van der Waals surface area contributed by atoms with Gasteiger partial charge in [-0.3, -0.25) is 28.8 Å². The Morgan fingerprint density at radius 1 is 0.307 bits per heavy atom. The van der Waals surface area contributed by atoms with Crippen molar-refractivity contribution in [2.75, 3.05) is 0 Å². The van der Waals surface area contributed by atoms with Gasteiger partial charge in [-0.05, 0) is 516 Å². The van der Waals surface area contributed by atoms with Crippen LogP contribution in [0.2, 0.25) is 0 Å². The van der Waals surface area contributed by atoms with E-state index in [1.807, 2.05) is 180 Å². The Bertz CT molecular complexity index is 3980. The van der Waals surface area contributed by atoms with Crippen LogP contribution in [0, 0.1) is 226 Å². The van der Waals surface area contributed by atoms with E-state index in [9.17, 15) is 28.8 Å². The first-order valence-electron chi connectivity index (χ1n) is 59.5. The summed E-state index contributed by atoms with van der Waals surface area (Å²) in [5.74, 6) is 25.2. The zero-order valence-electron chi connectivity index (χ0n) is 98.3. The molecule has 0 N–H and O–H groups in total. The third kappa shape index (κ3) is 26.7. The zero-order valence-corrected chi connectivity index (χ0v) is 98.3. The highest BCUT2D eigenvalue weighted by molar-refractivity contribution is 5.79. The van der Waals surface area contributed by atoms with Gasteiger partial charge < -0.3 is 28.4 Å². The molecule has 0 aliphatic heterocycles. The summed E-state index contributed by atoms with van der Waals surface area (Å²) in [4.78, 5) is 75.5. The maximum absolute atomic E-state index is 13.0. The van der Waals surface area contributed by atoms with Crippen molar-refractivity contribution < 1.29 is 57.2 Å². The monoisotopic (exact) mass is 2120 g/mol. The molecule has 17 atom stereocenters. The predicted molar refractivity (Wildman–Crippen MR) is 651 cm³/mol. The molecule has 17 unspecified atom stereocenters. The van der Waals surface area contributed by atoms with Crippen LogP contribution >= 0.6 is 0 Å². The summed E-state index contributed by atoms with van der Waals surface area (Å²) in [6, 6.07) is 0. The molecule has 26 rings (SSSR count). The van der Waals surface area contributed by atoms with Crippen molar-refractivity contribution in [2.24, 2.45) is 226 Å². The summed E-state index contributed by atoms with van der Waals surface area (Å²) in [7, 11) is 0. The molecule has 26 saturated carbocycles. The van der Waals surface area contributed by atoms with Gasteiger partial charge in [0.1, 0.15) is 33.6 Å². The van der Waals surface area contributed by atoms with Crippen LogP contribution in [0.3, 0.4) is 0 Å². The quantitative estimate of drug-likeness (QED) is 0.0747. The Hall–Kier alpha value is -3.18. The van der Waals surface area contributed by atoms with Crippen LogP contribution in [-0.4, -0.2) is 69.4 Å². The first-order valence-corrected chi connectivity index (χ1v) is 59.5. The van der Waals surface area contributed by atoms with Crippen molar-refractivity contribution in [3.63, 3.8) is 0 Å². The van der Waals surface area contributed by atoms with E-state index in [0.717, 1.165) is 187 Å². The normalized spacial score (nSPS) is 37.2. The lowest BCUT2D eigenvalue weighted by Gasteiger charge is -2.77. The molecule has 28 bridgehead atoms. The molecule has 12 nitrogen and oxygen atoms in total. The summed E-state index contributed by atoms with van der Waals surface area (Å²) in [6.45, 7) is 89.7. The Balaban J connectivity index is -0.00000169. The molecule has 0 saturated heterocycles. The van der Waals surface area contributed by atoms with Crippen molar-refractivity contribution in [3.05, 3.63) is 0 Å². The van der Waals surface area contributed by atoms with Gasteiger partial charge in [-0.2, -0.15) is 0 Å². The molecule has 26 fully saturated rings. The fraction of sp³-hybridized carbons (Fsp3) is 0.957. The fourth-order valence-electron chi connectivity index (χ4n) is 35.7. The van der Waals surface area contributed by atoms with Gasteiger partial charge in [0, 0.05) is 28.6 Å². The molecule has 150 heavy (non-hydrogen) atoms. The highest BCUT2D eigenvalue weighted by Crippen LogP contribution is 2.81. The fourth-order valence-corrected chi connectivity index (χ4v) is 35.7. The van der Waals surface area contributed by atoms with Crippen LogP contribution in [0.1, 0.15) is 592 Å².